The van der Waals surface area contributed by atoms with Gasteiger partial charge < -0.3 is 15.4 Å². The van der Waals surface area contributed by atoms with Crippen LogP contribution in [0.4, 0.5) is 4.79 Å². The lowest BCUT2D eigenvalue weighted by Crippen LogP contribution is -2.43. The van der Waals surface area contributed by atoms with Crippen LogP contribution in [0.2, 0.25) is 0 Å². The van der Waals surface area contributed by atoms with Gasteiger partial charge in [0.15, 0.2) is 0 Å². The molecule has 4 nitrogen and oxygen atoms in total. The summed E-state index contributed by atoms with van der Waals surface area (Å²) >= 11 is 0. The predicted molar refractivity (Wildman–Crippen MR) is 50.6 cm³/mol. The lowest BCUT2D eigenvalue weighted by Gasteiger charge is -2.28. The van der Waals surface area contributed by atoms with E-state index in [2.05, 4.69) is 15.4 Å². The van der Waals surface area contributed by atoms with Crippen LogP contribution in [0.15, 0.2) is 0 Å². The molecule has 4 heteroatoms. The molecular weight excluding hydrogens is 168 g/mol. The van der Waals surface area contributed by atoms with Crippen molar-refractivity contribution in [2.45, 2.75) is 25.8 Å². The Hall–Kier alpha value is -0.770. The summed E-state index contributed by atoms with van der Waals surface area (Å²) < 4.78 is 4.51. The van der Waals surface area contributed by atoms with Crippen molar-refractivity contribution in [1.82, 2.24) is 10.6 Å². The fraction of sp³-hybridized carbons (Fsp3) is 0.889. The minimum absolute atomic E-state index is 0.216. The third kappa shape index (κ3) is 3.63. The summed E-state index contributed by atoms with van der Waals surface area (Å²) in [6.45, 7) is 4.26. The standard InChI is InChI=1S/C9H18N2O2/c1-7(11-9(12)13-2)3-4-8-5-10-6-8/h7-8,10H,3-6H2,1-2H3,(H,11,12). The Morgan fingerprint density at radius 3 is 2.85 bits per heavy atom. The number of hydrogen-bond acceptors (Lipinski definition) is 3. The lowest BCUT2D eigenvalue weighted by molar-refractivity contribution is 0.166. The highest BCUT2D eigenvalue weighted by Gasteiger charge is 2.17. The SMILES string of the molecule is COC(=O)NC(C)CCC1CNC1. The molecule has 1 atom stereocenters. The van der Waals surface area contributed by atoms with E-state index in [1.807, 2.05) is 6.92 Å². The van der Waals surface area contributed by atoms with Crippen LogP contribution >= 0.6 is 0 Å². The van der Waals surface area contributed by atoms with Crippen molar-refractivity contribution >= 4 is 6.09 Å². The number of amides is 1. The summed E-state index contributed by atoms with van der Waals surface area (Å²) in [6.07, 6.45) is 1.87. The number of methoxy groups -OCH3 is 1. The second-order valence-electron chi connectivity index (χ2n) is 3.64. The summed E-state index contributed by atoms with van der Waals surface area (Å²) in [4.78, 5) is 10.8. The molecule has 1 fully saturated rings. The van der Waals surface area contributed by atoms with Crippen LogP contribution < -0.4 is 10.6 Å². The van der Waals surface area contributed by atoms with Crippen LogP contribution in [0.1, 0.15) is 19.8 Å². The van der Waals surface area contributed by atoms with Crippen LogP contribution in [0.5, 0.6) is 0 Å². The van der Waals surface area contributed by atoms with Gasteiger partial charge in [0.1, 0.15) is 0 Å². The van der Waals surface area contributed by atoms with Gasteiger partial charge >= 0.3 is 6.09 Å². The van der Waals surface area contributed by atoms with Crippen LogP contribution in [0.3, 0.4) is 0 Å². The van der Waals surface area contributed by atoms with Crippen molar-refractivity contribution in [3.63, 3.8) is 0 Å². The molecule has 1 saturated heterocycles. The molecule has 0 aromatic rings. The zero-order chi connectivity index (χ0) is 9.68. The van der Waals surface area contributed by atoms with E-state index in [1.54, 1.807) is 0 Å². The van der Waals surface area contributed by atoms with Crippen LogP contribution in [0, 0.1) is 5.92 Å². The van der Waals surface area contributed by atoms with Gasteiger partial charge in [-0.25, -0.2) is 4.79 Å². The highest BCUT2D eigenvalue weighted by molar-refractivity contribution is 5.67. The first kappa shape index (κ1) is 10.3. The van der Waals surface area contributed by atoms with E-state index in [9.17, 15) is 4.79 Å². The number of alkyl carbamates (subject to hydrolysis) is 1. The van der Waals surface area contributed by atoms with E-state index in [0.717, 1.165) is 25.4 Å². The Morgan fingerprint density at radius 1 is 1.69 bits per heavy atom. The summed E-state index contributed by atoms with van der Waals surface area (Å²) in [6, 6.07) is 0.216. The summed E-state index contributed by atoms with van der Waals surface area (Å²) in [5.41, 5.74) is 0. The molecule has 1 amide bonds. The average Bonchev–Trinajstić information content (AvgIpc) is 2.01. The fourth-order valence-corrected chi connectivity index (χ4v) is 1.37. The minimum Gasteiger partial charge on any atom is -0.453 e. The highest BCUT2D eigenvalue weighted by atomic mass is 16.5. The topological polar surface area (TPSA) is 50.4 Å². The van der Waals surface area contributed by atoms with Gasteiger partial charge in [-0.15, -0.1) is 0 Å². The van der Waals surface area contributed by atoms with E-state index in [0.29, 0.717) is 0 Å². The summed E-state index contributed by atoms with van der Waals surface area (Å²) in [5, 5.41) is 5.98. The zero-order valence-electron chi connectivity index (χ0n) is 8.30. The first-order valence-electron chi connectivity index (χ1n) is 4.77. The van der Waals surface area contributed by atoms with Gasteiger partial charge in [-0.2, -0.15) is 0 Å². The van der Waals surface area contributed by atoms with E-state index >= 15 is 0 Å². The Kier molecular flexibility index (Phi) is 4.02. The first-order chi connectivity index (χ1) is 6.22. The van der Waals surface area contributed by atoms with Crippen molar-refractivity contribution in [2.24, 2.45) is 5.92 Å². The molecule has 0 saturated carbocycles. The van der Waals surface area contributed by atoms with Gasteiger partial charge in [0.25, 0.3) is 0 Å². The molecule has 76 valence electrons. The van der Waals surface area contributed by atoms with E-state index < -0.39 is 0 Å². The number of hydrogen-bond donors (Lipinski definition) is 2. The number of carbonyl (C=O) groups is 1. The largest absolute Gasteiger partial charge is 0.453 e. The van der Waals surface area contributed by atoms with Crippen molar-refractivity contribution in [1.29, 1.82) is 0 Å². The molecule has 0 bridgehead atoms. The molecule has 0 aromatic heterocycles. The summed E-state index contributed by atoms with van der Waals surface area (Å²) in [7, 11) is 1.39. The monoisotopic (exact) mass is 186 g/mol. The molecule has 1 rings (SSSR count). The van der Waals surface area contributed by atoms with Gasteiger partial charge in [0.2, 0.25) is 0 Å². The Balaban J connectivity index is 2.02. The lowest BCUT2D eigenvalue weighted by atomic mass is 9.95. The highest BCUT2D eigenvalue weighted by Crippen LogP contribution is 2.12. The Labute approximate surface area is 79.0 Å². The van der Waals surface area contributed by atoms with E-state index in [4.69, 9.17) is 0 Å². The maximum Gasteiger partial charge on any atom is 0.407 e. The van der Waals surface area contributed by atoms with Gasteiger partial charge in [0.05, 0.1) is 7.11 Å². The molecule has 0 aliphatic carbocycles. The average molecular weight is 186 g/mol. The minimum atomic E-state index is -0.334. The van der Waals surface area contributed by atoms with E-state index in [1.165, 1.54) is 13.5 Å². The van der Waals surface area contributed by atoms with Crippen molar-refractivity contribution in [3.05, 3.63) is 0 Å². The number of nitrogens with one attached hydrogen (secondary N) is 2. The van der Waals surface area contributed by atoms with Gasteiger partial charge in [-0.1, -0.05) is 0 Å². The molecule has 0 radical (unpaired) electrons. The van der Waals surface area contributed by atoms with Crippen LogP contribution in [-0.2, 0) is 4.74 Å². The molecule has 0 aromatic carbocycles. The van der Waals surface area contributed by atoms with Crippen molar-refractivity contribution in [2.75, 3.05) is 20.2 Å². The zero-order valence-corrected chi connectivity index (χ0v) is 8.30. The third-order valence-electron chi connectivity index (χ3n) is 2.42. The molecule has 1 aliphatic rings. The van der Waals surface area contributed by atoms with Gasteiger partial charge in [0, 0.05) is 6.04 Å². The number of ether oxygens (including phenoxy) is 1. The maximum absolute atomic E-state index is 10.8. The second-order valence-corrected chi connectivity index (χ2v) is 3.64. The molecular formula is C9H18N2O2. The quantitative estimate of drug-likeness (QED) is 0.680. The normalized spacial score (nSPS) is 18.9. The predicted octanol–water partition coefficient (Wildman–Crippen LogP) is 0.730. The first-order valence-corrected chi connectivity index (χ1v) is 4.77. The second kappa shape index (κ2) is 5.07. The number of rotatable bonds is 4. The molecule has 1 heterocycles. The van der Waals surface area contributed by atoms with Crippen molar-refractivity contribution < 1.29 is 9.53 Å². The smallest absolute Gasteiger partial charge is 0.407 e. The molecule has 0 spiro atoms. The molecule has 13 heavy (non-hydrogen) atoms. The van der Waals surface area contributed by atoms with Gasteiger partial charge in [-0.05, 0) is 38.8 Å². The maximum atomic E-state index is 10.8. The number of carbonyl (C=O) groups excluding carboxylic acids is 1. The Bertz CT molecular complexity index is 169. The fourth-order valence-electron chi connectivity index (χ4n) is 1.37. The van der Waals surface area contributed by atoms with Gasteiger partial charge in [-0.3, -0.25) is 0 Å². The molecule has 2 N–H and O–H groups in total. The summed E-state index contributed by atoms with van der Waals surface area (Å²) in [5.74, 6) is 0.807. The molecule has 1 unspecified atom stereocenters. The van der Waals surface area contributed by atoms with Crippen LogP contribution in [0.25, 0.3) is 0 Å². The van der Waals surface area contributed by atoms with Crippen LogP contribution in [-0.4, -0.2) is 32.3 Å². The third-order valence-corrected chi connectivity index (χ3v) is 2.42. The molecule has 1 aliphatic heterocycles. The van der Waals surface area contributed by atoms with E-state index in [-0.39, 0.29) is 12.1 Å². The van der Waals surface area contributed by atoms with Crippen molar-refractivity contribution in [3.8, 4) is 0 Å². The Morgan fingerprint density at radius 2 is 2.38 bits per heavy atom.